The zero-order chi connectivity index (χ0) is 12.7. The third kappa shape index (κ3) is 1.81. The molecule has 1 aromatic heterocycles. The second-order valence-electron chi connectivity index (χ2n) is 4.42. The molecule has 0 radical (unpaired) electrons. The van der Waals surface area contributed by atoms with Gasteiger partial charge in [0.15, 0.2) is 5.78 Å². The summed E-state index contributed by atoms with van der Waals surface area (Å²) < 4.78 is 16.1. The molecule has 1 aliphatic rings. The molecule has 0 unspecified atom stereocenters. The number of rotatable bonds is 1. The van der Waals surface area contributed by atoms with E-state index in [1.165, 1.54) is 12.1 Å². The fourth-order valence-corrected chi connectivity index (χ4v) is 2.86. The quantitative estimate of drug-likeness (QED) is 0.783. The Hall–Kier alpha value is -1.42. The summed E-state index contributed by atoms with van der Waals surface area (Å²) in [6, 6.07) is 6.40. The number of hydrogen-bond donors (Lipinski definition) is 0. The minimum Gasteiger partial charge on any atom is -0.319 e. The summed E-state index contributed by atoms with van der Waals surface area (Å²) >= 11 is 3.42. The highest BCUT2D eigenvalue weighted by atomic mass is 79.9. The second-order valence-corrected chi connectivity index (χ2v) is 5.27. The van der Waals surface area contributed by atoms with Crippen LogP contribution in [0.3, 0.4) is 0 Å². The molecule has 1 aromatic carbocycles. The number of benzene rings is 1. The van der Waals surface area contributed by atoms with Crippen molar-refractivity contribution in [1.29, 1.82) is 0 Å². The van der Waals surface area contributed by atoms with Gasteiger partial charge in [0.2, 0.25) is 0 Å². The lowest BCUT2D eigenvalue weighted by molar-refractivity contribution is 0.0972. The van der Waals surface area contributed by atoms with Crippen LogP contribution in [-0.4, -0.2) is 10.4 Å². The van der Waals surface area contributed by atoms with Crippen LogP contribution in [0.4, 0.5) is 4.39 Å². The maximum absolute atomic E-state index is 13.3. The lowest BCUT2D eigenvalue weighted by Gasteiger charge is -2.16. The lowest BCUT2D eigenvalue weighted by Crippen LogP contribution is -2.12. The standard InChI is InChI=1S/C14H11BrFNO/c15-11-5-4-9(16)8-13(11)17-7-6-10-12(17)2-1-3-14(10)18/h4-8H,1-3H2. The van der Waals surface area contributed by atoms with E-state index >= 15 is 0 Å². The van der Waals surface area contributed by atoms with Gasteiger partial charge >= 0.3 is 0 Å². The van der Waals surface area contributed by atoms with Crippen molar-refractivity contribution in [2.24, 2.45) is 0 Å². The highest BCUT2D eigenvalue weighted by Gasteiger charge is 2.21. The van der Waals surface area contributed by atoms with Crippen LogP contribution in [0.5, 0.6) is 0 Å². The molecule has 0 saturated heterocycles. The largest absolute Gasteiger partial charge is 0.319 e. The third-order valence-corrected chi connectivity index (χ3v) is 3.95. The Morgan fingerprint density at radius 3 is 2.89 bits per heavy atom. The molecular formula is C14H11BrFNO. The van der Waals surface area contributed by atoms with Gasteiger partial charge in [-0.3, -0.25) is 4.79 Å². The first kappa shape index (κ1) is 11.7. The predicted molar refractivity (Wildman–Crippen MR) is 70.7 cm³/mol. The first-order valence-corrected chi connectivity index (χ1v) is 6.65. The van der Waals surface area contributed by atoms with E-state index in [1.54, 1.807) is 6.07 Å². The maximum atomic E-state index is 13.3. The van der Waals surface area contributed by atoms with E-state index in [9.17, 15) is 9.18 Å². The van der Waals surface area contributed by atoms with E-state index in [-0.39, 0.29) is 11.6 Å². The molecule has 2 aromatic rings. The van der Waals surface area contributed by atoms with Crippen molar-refractivity contribution in [3.8, 4) is 5.69 Å². The number of hydrogen-bond acceptors (Lipinski definition) is 1. The molecule has 3 rings (SSSR count). The van der Waals surface area contributed by atoms with E-state index in [1.807, 2.05) is 16.8 Å². The van der Waals surface area contributed by atoms with Crippen molar-refractivity contribution in [2.45, 2.75) is 19.3 Å². The zero-order valence-corrected chi connectivity index (χ0v) is 11.2. The molecule has 1 heterocycles. The molecule has 4 heteroatoms. The van der Waals surface area contributed by atoms with Crippen LogP contribution >= 0.6 is 15.9 Å². The van der Waals surface area contributed by atoms with Crippen LogP contribution in [0.2, 0.25) is 0 Å². The van der Waals surface area contributed by atoms with Gasteiger partial charge in [-0.15, -0.1) is 0 Å². The van der Waals surface area contributed by atoms with Crippen molar-refractivity contribution in [3.05, 3.63) is 52.0 Å². The Morgan fingerprint density at radius 1 is 1.22 bits per heavy atom. The van der Waals surface area contributed by atoms with E-state index in [2.05, 4.69) is 15.9 Å². The zero-order valence-electron chi connectivity index (χ0n) is 9.62. The van der Waals surface area contributed by atoms with Crippen LogP contribution in [0.15, 0.2) is 34.9 Å². The molecule has 0 saturated carbocycles. The third-order valence-electron chi connectivity index (χ3n) is 3.28. The number of fused-ring (bicyclic) bond motifs is 1. The second kappa shape index (κ2) is 4.35. The highest BCUT2D eigenvalue weighted by Crippen LogP contribution is 2.29. The van der Waals surface area contributed by atoms with Crippen LogP contribution in [0, 0.1) is 5.82 Å². The summed E-state index contributed by atoms with van der Waals surface area (Å²) in [6.45, 7) is 0. The van der Waals surface area contributed by atoms with Crippen molar-refractivity contribution in [3.63, 3.8) is 0 Å². The minimum atomic E-state index is -0.280. The van der Waals surface area contributed by atoms with Gasteiger partial charge in [0.1, 0.15) is 5.82 Å². The molecule has 1 aliphatic carbocycles. The average molecular weight is 308 g/mol. The van der Waals surface area contributed by atoms with Crippen LogP contribution < -0.4 is 0 Å². The summed E-state index contributed by atoms with van der Waals surface area (Å²) in [5, 5.41) is 0. The van der Waals surface area contributed by atoms with E-state index in [0.717, 1.165) is 34.3 Å². The van der Waals surface area contributed by atoms with Gasteiger partial charge in [-0.1, -0.05) is 0 Å². The molecule has 0 atom stereocenters. The summed E-state index contributed by atoms with van der Waals surface area (Å²) in [4.78, 5) is 11.8. The average Bonchev–Trinajstić information content (AvgIpc) is 2.77. The molecule has 18 heavy (non-hydrogen) atoms. The number of Topliss-reactive ketones (excluding diaryl/α,β-unsaturated/α-hetero) is 1. The Balaban J connectivity index is 2.18. The first-order valence-electron chi connectivity index (χ1n) is 5.85. The topological polar surface area (TPSA) is 22.0 Å². The molecule has 0 aliphatic heterocycles. The normalized spacial score (nSPS) is 14.7. The Labute approximate surface area is 113 Å². The van der Waals surface area contributed by atoms with Crippen molar-refractivity contribution >= 4 is 21.7 Å². The molecular weight excluding hydrogens is 297 g/mol. The number of carbonyl (C=O) groups excluding carboxylic acids is 1. The minimum absolute atomic E-state index is 0.183. The number of ketones is 1. The fourth-order valence-electron chi connectivity index (χ4n) is 2.42. The Bertz CT molecular complexity index is 633. The molecule has 92 valence electrons. The Kier molecular flexibility index (Phi) is 2.82. The van der Waals surface area contributed by atoms with Gasteiger partial charge in [-0.25, -0.2) is 4.39 Å². The number of halogens is 2. The van der Waals surface area contributed by atoms with Crippen molar-refractivity contribution in [1.82, 2.24) is 4.57 Å². The first-order chi connectivity index (χ1) is 8.66. The van der Waals surface area contributed by atoms with Gasteiger partial charge < -0.3 is 4.57 Å². The lowest BCUT2D eigenvalue weighted by atomic mass is 9.97. The monoisotopic (exact) mass is 307 g/mol. The molecule has 0 fully saturated rings. The van der Waals surface area contributed by atoms with Crippen molar-refractivity contribution in [2.75, 3.05) is 0 Å². The SMILES string of the molecule is O=C1CCCc2c1ccn2-c1cc(F)ccc1Br. The molecule has 0 N–H and O–H groups in total. The van der Waals surface area contributed by atoms with Crippen LogP contribution in [0.1, 0.15) is 28.9 Å². The van der Waals surface area contributed by atoms with Gasteiger partial charge in [-0.05, 0) is 53.0 Å². The summed E-state index contributed by atoms with van der Waals surface area (Å²) in [6.07, 6.45) is 4.18. The summed E-state index contributed by atoms with van der Waals surface area (Å²) in [5.41, 5.74) is 2.50. The molecule has 0 bridgehead atoms. The van der Waals surface area contributed by atoms with E-state index in [0.29, 0.717) is 6.42 Å². The van der Waals surface area contributed by atoms with Crippen LogP contribution in [-0.2, 0) is 6.42 Å². The highest BCUT2D eigenvalue weighted by molar-refractivity contribution is 9.10. The van der Waals surface area contributed by atoms with E-state index in [4.69, 9.17) is 0 Å². The van der Waals surface area contributed by atoms with E-state index < -0.39 is 0 Å². The number of nitrogens with zero attached hydrogens (tertiary/aromatic N) is 1. The van der Waals surface area contributed by atoms with Gasteiger partial charge in [0, 0.05) is 28.3 Å². The van der Waals surface area contributed by atoms with Gasteiger partial charge in [0.25, 0.3) is 0 Å². The van der Waals surface area contributed by atoms with Crippen molar-refractivity contribution < 1.29 is 9.18 Å². The Morgan fingerprint density at radius 2 is 2.06 bits per heavy atom. The molecule has 0 spiro atoms. The predicted octanol–water partition coefficient (Wildman–Crippen LogP) is 3.90. The number of aromatic nitrogens is 1. The number of carbonyl (C=O) groups is 1. The van der Waals surface area contributed by atoms with Crippen LogP contribution in [0.25, 0.3) is 5.69 Å². The summed E-state index contributed by atoms with van der Waals surface area (Å²) in [5.74, 6) is -0.0969. The maximum Gasteiger partial charge on any atom is 0.164 e. The smallest absolute Gasteiger partial charge is 0.164 e. The molecule has 0 amide bonds. The molecule has 2 nitrogen and oxygen atoms in total. The fraction of sp³-hybridized carbons (Fsp3) is 0.214. The van der Waals surface area contributed by atoms with Gasteiger partial charge in [0.05, 0.1) is 5.69 Å². The summed E-state index contributed by atoms with van der Waals surface area (Å²) in [7, 11) is 0. The van der Waals surface area contributed by atoms with Gasteiger partial charge in [-0.2, -0.15) is 0 Å².